The van der Waals surface area contributed by atoms with Crippen molar-refractivity contribution in [2.24, 2.45) is 0 Å². The molecule has 0 bridgehead atoms. The molecule has 0 radical (unpaired) electrons. The zero-order chi connectivity index (χ0) is 16.3. The maximum Gasteiger partial charge on any atom is 0.0697 e. The van der Waals surface area contributed by atoms with Gasteiger partial charge < -0.3 is 0 Å². The first-order valence-electron chi connectivity index (χ1n) is 9.61. The van der Waals surface area contributed by atoms with Crippen molar-refractivity contribution in [3.05, 3.63) is 0 Å². The van der Waals surface area contributed by atoms with Crippen LogP contribution in [0.2, 0.25) is 0 Å². The monoisotopic (exact) mass is 502 g/mol. The van der Waals surface area contributed by atoms with Crippen LogP contribution >= 0.6 is 47.8 Å². The normalized spacial score (nSPS) is 11.5. The summed E-state index contributed by atoms with van der Waals surface area (Å²) < 4.78 is 0.523. The number of alkyl halides is 3. The SMILES string of the molecule is BrCCCCCCCCCCCCCCCCCCC(Br)Br. The van der Waals surface area contributed by atoms with Crippen LogP contribution in [-0.2, 0) is 0 Å². The molecule has 0 amide bonds. The van der Waals surface area contributed by atoms with Crippen LogP contribution < -0.4 is 0 Å². The van der Waals surface area contributed by atoms with Crippen molar-refractivity contribution in [3.63, 3.8) is 0 Å². The Bertz CT molecular complexity index is 195. The predicted octanol–water partition coefficient (Wildman–Crippen LogP) is 9.13. The molecule has 0 nitrogen and oxygen atoms in total. The number of unbranched alkanes of at least 4 members (excludes halogenated alkanes) is 15. The summed E-state index contributed by atoms with van der Waals surface area (Å²) in [7, 11) is 0. The van der Waals surface area contributed by atoms with Gasteiger partial charge in [0.05, 0.1) is 3.74 Å². The number of halogens is 3. The van der Waals surface area contributed by atoms with Crippen molar-refractivity contribution in [2.45, 2.75) is 113 Å². The zero-order valence-electron chi connectivity index (χ0n) is 14.4. The minimum absolute atomic E-state index is 0.523. The molecule has 0 fully saturated rings. The third-order valence-corrected chi connectivity index (χ3v) is 5.78. The van der Waals surface area contributed by atoms with Gasteiger partial charge in [0.25, 0.3) is 0 Å². The molecule has 0 aromatic heterocycles. The summed E-state index contributed by atoms with van der Waals surface area (Å²) in [6.45, 7) is 0. The molecule has 0 spiro atoms. The smallest absolute Gasteiger partial charge is 0.0697 e. The fourth-order valence-corrected chi connectivity index (χ4v) is 3.91. The van der Waals surface area contributed by atoms with Crippen LogP contribution in [0, 0.1) is 0 Å². The Morgan fingerprint density at radius 2 is 0.682 bits per heavy atom. The van der Waals surface area contributed by atoms with Crippen LogP contribution in [0.15, 0.2) is 0 Å². The molecule has 0 aromatic rings. The zero-order valence-corrected chi connectivity index (χ0v) is 19.2. The molecule has 0 aliphatic heterocycles. The maximum atomic E-state index is 3.54. The molecule has 0 heterocycles. The standard InChI is InChI=1S/C19H37Br3/c20-18-16-14-12-10-8-6-4-2-1-3-5-7-9-11-13-15-17-19(21)22/h19H,1-18H2. The first-order valence-corrected chi connectivity index (χ1v) is 12.6. The second-order valence-corrected chi connectivity index (χ2v) is 10.8. The molecule has 0 saturated carbocycles. The van der Waals surface area contributed by atoms with Gasteiger partial charge in [0.15, 0.2) is 0 Å². The lowest BCUT2D eigenvalue weighted by Crippen LogP contribution is -1.86. The molecule has 0 saturated heterocycles. The van der Waals surface area contributed by atoms with Crippen LogP contribution in [0.3, 0.4) is 0 Å². The van der Waals surface area contributed by atoms with Gasteiger partial charge in [-0.25, -0.2) is 0 Å². The van der Waals surface area contributed by atoms with Gasteiger partial charge in [0, 0.05) is 5.33 Å². The van der Waals surface area contributed by atoms with Crippen molar-refractivity contribution in [3.8, 4) is 0 Å². The van der Waals surface area contributed by atoms with Crippen molar-refractivity contribution >= 4 is 47.8 Å². The first-order chi connectivity index (χ1) is 10.8. The van der Waals surface area contributed by atoms with Gasteiger partial charge in [0.2, 0.25) is 0 Å². The Hall–Kier alpha value is 1.44. The summed E-state index contributed by atoms with van der Waals surface area (Å²) in [5.74, 6) is 0. The van der Waals surface area contributed by atoms with Crippen LogP contribution in [0.4, 0.5) is 0 Å². The van der Waals surface area contributed by atoms with E-state index in [1.165, 1.54) is 114 Å². The molecule has 0 aliphatic carbocycles. The van der Waals surface area contributed by atoms with Crippen LogP contribution in [0.25, 0.3) is 0 Å². The van der Waals surface area contributed by atoms with E-state index in [0.717, 1.165) is 0 Å². The Morgan fingerprint density at radius 3 is 0.955 bits per heavy atom. The highest BCUT2D eigenvalue weighted by molar-refractivity contribution is 9.24. The number of hydrogen-bond acceptors (Lipinski definition) is 0. The van der Waals surface area contributed by atoms with Crippen LogP contribution in [0.1, 0.15) is 109 Å². The van der Waals surface area contributed by atoms with E-state index in [-0.39, 0.29) is 0 Å². The summed E-state index contributed by atoms with van der Waals surface area (Å²) in [6, 6.07) is 0. The van der Waals surface area contributed by atoms with E-state index in [9.17, 15) is 0 Å². The maximum absolute atomic E-state index is 3.54. The quantitative estimate of drug-likeness (QED) is 0.129. The van der Waals surface area contributed by atoms with Crippen LogP contribution in [0.5, 0.6) is 0 Å². The minimum atomic E-state index is 0.523. The van der Waals surface area contributed by atoms with Gasteiger partial charge in [-0.05, 0) is 12.8 Å². The topological polar surface area (TPSA) is 0 Å². The highest BCUT2D eigenvalue weighted by Crippen LogP contribution is 2.18. The molecule has 0 aromatic carbocycles. The average molecular weight is 505 g/mol. The second-order valence-electron chi connectivity index (χ2n) is 6.53. The van der Waals surface area contributed by atoms with Crippen molar-refractivity contribution in [1.82, 2.24) is 0 Å². The summed E-state index contributed by atoms with van der Waals surface area (Å²) in [5.41, 5.74) is 0. The molecule has 134 valence electrons. The Labute approximate surface area is 165 Å². The summed E-state index contributed by atoms with van der Waals surface area (Å²) >= 11 is 10.6. The fourth-order valence-electron chi connectivity index (χ4n) is 2.87. The van der Waals surface area contributed by atoms with E-state index < -0.39 is 0 Å². The molecular weight excluding hydrogens is 468 g/mol. The van der Waals surface area contributed by atoms with Crippen molar-refractivity contribution < 1.29 is 0 Å². The lowest BCUT2D eigenvalue weighted by Gasteiger charge is -2.04. The molecule has 0 unspecified atom stereocenters. The molecule has 3 heteroatoms. The Morgan fingerprint density at radius 1 is 0.409 bits per heavy atom. The minimum Gasteiger partial charge on any atom is -0.0928 e. The van der Waals surface area contributed by atoms with Crippen LogP contribution in [-0.4, -0.2) is 9.07 Å². The number of hydrogen-bond donors (Lipinski definition) is 0. The Balaban J connectivity index is 2.94. The summed E-state index contributed by atoms with van der Waals surface area (Å²) in [4.78, 5) is 0. The van der Waals surface area contributed by atoms with E-state index in [1.54, 1.807) is 0 Å². The fraction of sp³-hybridized carbons (Fsp3) is 1.00. The Kier molecular flexibility index (Phi) is 21.8. The lowest BCUT2D eigenvalue weighted by atomic mass is 10.0. The van der Waals surface area contributed by atoms with Crippen molar-refractivity contribution in [1.29, 1.82) is 0 Å². The third-order valence-electron chi connectivity index (χ3n) is 4.31. The van der Waals surface area contributed by atoms with E-state index >= 15 is 0 Å². The largest absolute Gasteiger partial charge is 0.0928 e. The lowest BCUT2D eigenvalue weighted by molar-refractivity contribution is 0.529. The van der Waals surface area contributed by atoms with E-state index in [1.807, 2.05) is 0 Å². The van der Waals surface area contributed by atoms with E-state index in [0.29, 0.717) is 3.74 Å². The molecule has 0 aliphatic rings. The third kappa shape index (κ3) is 21.4. The highest BCUT2D eigenvalue weighted by Gasteiger charge is 1.97. The number of rotatable bonds is 18. The van der Waals surface area contributed by atoms with E-state index in [4.69, 9.17) is 0 Å². The van der Waals surface area contributed by atoms with Gasteiger partial charge in [-0.1, -0.05) is 144 Å². The second kappa shape index (κ2) is 20.5. The van der Waals surface area contributed by atoms with Gasteiger partial charge in [-0.2, -0.15) is 0 Å². The van der Waals surface area contributed by atoms with Gasteiger partial charge in [-0.15, -0.1) is 0 Å². The molecular formula is C19H37Br3. The summed E-state index contributed by atoms with van der Waals surface area (Å²) in [5, 5.41) is 1.18. The molecule has 0 N–H and O–H groups in total. The summed E-state index contributed by atoms with van der Waals surface area (Å²) in [6.07, 6.45) is 24.3. The van der Waals surface area contributed by atoms with Crippen molar-refractivity contribution in [2.75, 3.05) is 5.33 Å². The molecule has 0 rings (SSSR count). The molecule has 22 heavy (non-hydrogen) atoms. The highest BCUT2D eigenvalue weighted by atomic mass is 79.9. The van der Waals surface area contributed by atoms with Gasteiger partial charge in [0.1, 0.15) is 0 Å². The average Bonchev–Trinajstić information content (AvgIpc) is 2.50. The van der Waals surface area contributed by atoms with Gasteiger partial charge in [-0.3, -0.25) is 0 Å². The first kappa shape index (κ1) is 23.4. The van der Waals surface area contributed by atoms with E-state index in [2.05, 4.69) is 47.8 Å². The predicted molar refractivity (Wildman–Crippen MR) is 114 cm³/mol. The van der Waals surface area contributed by atoms with Gasteiger partial charge >= 0.3 is 0 Å². The molecule has 0 atom stereocenters.